The number of amides is 1. The minimum atomic E-state index is 0. The number of ether oxygens (including phenoxy) is 1. The van der Waals surface area contributed by atoms with Crippen molar-refractivity contribution in [2.24, 2.45) is 0 Å². The Hall–Kier alpha value is -2.09. The maximum Gasteiger partial charge on any atom is 0.251 e. The standard InChI is InChI=1S/C27H36N4O2.BrH/c1-20-3-10-26(31-13-11-29(2)12-14-31)25-19-22(6-9-24(20)25)28-27(32)21-4-7-23(8-5-21)30-15-17-33-18-16-30;/h3-5,7-8,10,22H,6,9,11-19H2,1-2H3,(H,28,32);1H/t22-;/m1./s1. The summed E-state index contributed by atoms with van der Waals surface area (Å²) >= 11 is 0. The van der Waals surface area contributed by atoms with Crippen LogP contribution in [0.4, 0.5) is 11.4 Å². The lowest BCUT2D eigenvalue weighted by molar-refractivity contribution is 0.0933. The van der Waals surface area contributed by atoms with E-state index in [9.17, 15) is 4.79 Å². The highest BCUT2D eigenvalue weighted by atomic mass is 79.9. The van der Waals surface area contributed by atoms with Gasteiger partial charge in [0.15, 0.2) is 0 Å². The minimum absolute atomic E-state index is 0. The molecule has 2 fully saturated rings. The molecule has 1 atom stereocenters. The van der Waals surface area contributed by atoms with Gasteiger partial charge in [-0.2, -0.15) is 0 Å². The highest BCUT2D eigenvalue weighted by Crippen LogP contribution is 2.33. The maximum atomic E-state index is 13.0. The maximum absolute atomic E-state index is 13.0. The minimum Gasteiger partial charge on any atom is -0.378 e. The van der Waals surface area contributed by atoms with Crippen LogP contribution in [0.3, 0.4) is 0 Å². The Morgan fingerprint density at radius 3 is 2.32 bits per heavy atom. The third-order valence-electron chi connectivity index (χ3n) is 7.52. The molecule has 1 aliphatic carbocycles. The first-order chi connectivity index (χ1) is 16.1. The zero-order valence-electron chi connectivity index (χ0n) is 20.4. The number of carbonyl (C=O) groups excluding carboxylic acids is 1. The number of morpholine rings is 1. The number of halogens is 1. The SMILES string of the molecule is Br.Cc1ccc(N2CCN(C)CC2)c2c1CC[C@@H](NC(=O)c1ccc(N3CCOCC3)cc1)C2. The molecule has 2 saturated heterocycles. The van der Waals surface area contributed by atoms with Gasteiger partial charge in [-0.05, 0) is 80.3 Å². The van der Waals surface area contributed by atoms with E-state index in [2.05, 4.69) is 58.3 Å². The van der Waals surface area contributed by atoms with E-state index in [0.717, 1.165) is 83.0 Å². The Morgan fingerprint density at radius 2 is 1.62 bits per heavy atom. The first-order valence-electron chi connectivity index (χ1n) is 12.4. The number of hydrogen-bond acceptors (Lipinski definition) is 5. The van der Waals surface area contributed by atoms with Crippen molar-refractivity contribution < 1.29 is 9.53 Å². The molecular weight excluding hydrogens is 492 g/mol. The summed E-state index contributed by atoms with van der Waals surface area (Å²) in [6.07, 6.45) is 2.94. The molecule has 0 aromatic heterocycles. The number of nitrogens with zero attached hydrogens (tertiary/aromatic N) is 3. The van der Waals surface area contributed by atoms with Crippen LogP contribution < -0.4 is 15.1 Å². The van der Waals surface area contributed by atoms with Gasteiger partial charge in [0.05, 0.1) is 13.2 Å². The van der Waals surface area contributed by atoms with Crippen molar-refractivity contribution in [3.05, 3.63) is 58.7 Å². The van der Waals surface area contributed by atoms with E-state index in [1.54, 1.807) is 0 Å². The fourth-order valence-corrected chi connectivity index (χ4v) is 5.42. The van der Waals surface area contributed by atoms with Crippen molar-refractivity contribution in [3.63, 3.8) is 0 Å². The van der Waals surface area contributed by atoms with Crippen LogP contribution >= 0.6 is 17.0 Å². The molecule has 0 unspecified atom stereocenters. The zero-order valence-corrected chi connectivity index (χ0v) is 22.1. The van der Waals surface area contributed by atoms with Crippen LogP contribution in [0.15, 0.2) is 36.4 Å². The predicted octanol–water partition coefficient (Wildman–Crippen LogP) is 3.45. The molecule has 5 rings (SSSR count). The summed E-state index contributed by atoms with van der Waals surface area (Å²) in [5, 5.41) is 3.33. The van der Waals surface area contributed by atoms with Crippen LogP contribution in [0.2, 0.25) is 0 Å². The first-order valence-corrected chi connectivity index (χ1v) is 12.4. The molecule has 0 saturated carbocycles. The van der Waals surface area contributed by atoms with Gasteiger partial charge in [-0.25, -0.2) is 0 Å². The van der Waals surface area contributed by atoms with Gasteiger partial charge < -0.3 is 24.8 Å². The fraction of sp³-hybridized carbons (Fsp3) is 0.519. The molecule has 2 aromatic rings. The number of nitrogens with one attached hydrogen (secondary N) is 1. The van der Waals surface area contributed by atoms with Gasteiger partial charge >= 0.3 is 0 Å². The lowest BCUT2D eigenvalue weighted by Gasteiger charge is -2.37. The Kier molecular flexibility index (Phi) is 8.17. The molecule has 0 spiro atoms. The second-order valence-electron chi connectivity index (χ2n) is 9.71. The van der Waals surface area contributed by atoms with Crippen molar-refractivity contribution in [2.45, 2.75) is 32.2 Å². The number of carbonyl (C=O) groups is 1. The molecule has 2 aliphatic heterocycles. The highest BCUT2D eigenvalue weighted by Gasteiger charge is 2.27. The van der Waals surface area contributed by atoms with Crippen LogP contribution in [0.5, 0.6) is 0 Å². The van der Waals surface area contributed by atoms with Crippen molar-refractivity contribution in [1.82, 2.24) is 10.2 Å². The van der Waals surface area contributed by atoms with Crippen molar-refractivity contribution in [1.29, 1.82) is 0 Å². The number of fused-ring (bicyclic) bond motifs is 1. The van der Waals surface area contributed by atoms with Crippen LogP contribution in [0.1, 0.15) is 33.5 Å². The van der Waals surface area contributed by atoms with Gasteiger partial charge in [0.1, 0.15) is 0 Å². The molecule has 34 heavy (non-hydrogen) atoms. The molecule has 6 nitrogen and oxygen atoms in total. The highest BCUT2D eigenvalue weighted by molar-refractivity contribution is 8.93. The second-order valence-corrected chi connectivity index (χ2v) is 9.71. The third kappa shape index (κ3) is 5.42. The largest absolute Gasteiger partial charge is 0.378 e. The summed E-state index contributed by atoms with van der Waals surface area (Å²) in [4.78, 5) is 20.3. The average Bonchev–Trinajstić information content (AvgIpc) is 2.86. The second kappa shape index (κ2) is 11.1. The molecule has 0 bridgehead atoms. The quantitative estimate of drug-likeness (QED) is 0.658. The number of rotatable bonds is 4. The molecule has 2 heterocycles. The summed E-state index contributed by atoms with van der Waals surface area (Å²) in [7, 11) is 2.20. The van der Waals surface area contributed by atoms with Gasteiger partial charge in [-0.1, -0.05) is 6.07 Å². The molecule has 1 N–H and O–H groups in total. The number of piperazine rings is 1. The van der Waals surface area contributed by atoms with Crippen LogP contribution in [-0.4, -0.2) is 76.4 Å². The lowest BCUT2D eigenvalue weighted by Crippen LogP contribution is -2.45. The van der Waals surface area contributed by atoms with Gasteiger partial charge in [-0.15, -0.1) is 17.0 Å². The van der Waals surface area contributed by atoms with Gasteiger partial charge in [0.2, 0.25) is 0 Å². The molecular formula is C27H37BrN4O2. The van der Waals surface area contributed by atoms with E-state index in [1.807, 2.05) is 12.1 Å². The molecule has 1 amide bonds. The average molecular weight is 530 g/mol. The van der Waals surface area contributed by atoms with Crippen LogP contribution in [0, 0.1) is 6.92 Å². The molecule has 0 radical (unpaired) electrons. The third-order valence-corrected chi connectivity index (χ3v) is 7.52. The summed E-state index contributed by atoms with van der Waals surface area (Å²) in [6, 6.07) is 12.8. The van der Waals surface area contributed by atoms with Crippen LogP contribution in [-0.2, 0) is 17.6 Å². The van der Waals surface area contributed by atoms with Crippen LogP contribution in [0.25, 0.3) is 0 Å². The van der Waals surface area contributed by atoms with E-state index in [4.69, 9.17) is 4.74 Å². The van der Waals surface area contributed by atoms with E-state index >= 15 is 0 Å². The molecule has 184 valence electrons. The number of hydrogen-bond donors (Lipinski definition) is 1. The van der Waals surface area contributed by atoms with E-state index < -0.39 is 0 Å². The topological polar surface area (TPSA) is 48.0 Å². The number of benzene rings is 2. The summed E-state index contributed by atoms with van der Waals surface area (Å²) in [6.45, 7) is 9.90. The zero-order chi connectivity index (χ0) is 22.8. The van der Waals surface area contributed by atoms with Crippen molar-refractivity contribution in [2.75, 3.05) is 69.3 Å². The predicted molar refractivity (Wildman–Crippen MR) is 144 cm³/mol. The Morgan fingerprint density at radius 1 is 0.912 bits per heavy atom. The normalized spacial score (nSPS) is 20.9. The summed E-state index contributed by atoms with van der Waals surface area (Å²) in [5.41, 5.74) is 7.59. The summed E-state index contributed by atoms with van der Waals surface area (Å²) in [5.74, 6) is 0.0331. The molecule has 3 aliphatic rings. The Labute approximate surface area is 214 Å². The van der Waals surface area contributed by atoms with E-state index in [-0.39, 0.29) is 28.9 Å². The first kappa shape index (κ1) is 25.0. The van der Waals surface area contributed by atoms with E-state index in [1.165, 1.54) is 22.4 Å². The molecule has 2 aromatic carbocycles. The van der Waals surface area contributed by atoms with Gasteiger partial charge in [0, 0.05) is 62.2 Å². The monoisotopic (exact) mass is 528 g/mol. The van der Waals surface area contributed by atoms with E-state index in [0.29, 0.717) is 0 Å². The number of aryl methyl sites for hydroxylation is 1. The Balaban J connectivity index is 0.00000274. The van der Waals surface area contributed by atoms with Crippen molar-refractivity contribution in [3.8, 4) is 0 Å². The summed E-state index contributed by atoms with van der Waals surface area (Å²) < 4.78 is 5.44. The Bertz CT molecular complexity index is 983. The van der Waals surface area contributed by atoms with Crippen molar-refractivity contribution >= 4 is 34.3 Å². The molecule has 7 heteroatoms. The van der Waals surface area contributed by atoms with Gasteiger partial charge in [-0.3, -0.25) is 4.79 Å². The smallest absolute Gasteiger partial charge is 0.251 e. The lowest BCUT2D eigenvalue weighted by atomic mass is 9.84. The number of anilines is 2. The number of likely N-dealkylation sites (N-methyl/N-ethyl adjacent to an activating group) is 1. The fourth-order valence-electron chi connectivity index (χ4n) is 5.42. The van der Waals surface area contributed by atoms with Gasteiger partial charge in [0.25, 0.3) is 5.91 Å².